The third-order valence-corrected chi connectivity index (χ3v) is 5.64. The van der Waals surface area contributed by atoms with Crippen LogP contribution >= 0.6 is 12.4 Å². The lowest BCUT2D eigenvalue weighted by Crippen LogP contribution is -2.19. The highest BCUT2D eigenvalue weighted by molar-refractivity contribution is 5.91. The number of nitrogen functional groups attached to an aromatic ring is 1. The van der Waals surface area contributed by atoms with Crippen LogP contribution in [-0.2, 0) is 22.0 Å². The molecule has 0 atom stereocenters. The molecule has 6 heteroatoms. The first-order valence-electron chi connectivity index (χ1n) is 11.7. The van der Waals surface area contributed by atoms with Crippen molar-refractivity contribution in [3.05, 3.63) is 46.6 Å². The maximum Gasteiger partial charge on any atom is 0.224 e. The fourth-order valence-corrected chi connectivity index (χ4v) is 3.91. The molecule has 5 nitrogen and oxygen atoms in total. The predicted octanol–water partition coefficient (Wildman–Crippen LogP) is 6.83. The Morgan fingerprint density at radius 3 is 2.00 bits per heavy atom. The first-order valence-corrected chi connectivity index (χ1v) is 11.7. The summed E-state index contributed by atoms with van der Waals surface area (Å²) < 4.78 is 0. The number of unbranched alkanes of at least 4 members (excludes halogenated alkanes) is 3. The number of aromatic nitrogens is 1. The Bertz CT molecular complexity index is 888. The normalized spacial score (nSPS) is 11.7. The lowest BCUT2D eigenvalue weighted by atomic mass is 9.79. The molecule has 1 aromatic heterocycles. The van der Waals surface area contributed by atoms with Gasteiger partial charge in [0.05, 0.1) is 0 Å². The number of halogens is 1. The van der Waals surface area contributed by atoms with Crippen molar-refractivity contribution in [3.63, 3.8) is 0 Å². The third-order valence-electron chi connectivity index (χ3n) is 5.64. The van der Waals surface area contributed by atoms with Crippen LogP contribution in [0.5, 0.6) is 5.75 Å². The SMILES string of the molecule is Cc1cc(N)nc(CCCCCCC(=O)Nc2cc(C(C)(C)C)c(O)c(C(C)(C)C)c2)c1.Cl. The number of benzene rings is 1. The molecule has 0 aliphatic heterocycles. The van der Waals surface area contributed by atoms with E-state index in [0.29, 0.717) is 18.0 Å². The van der Waals surface area contributed by atoms with Crippen molar-refractivity contribution >= 4 is 29.8 Å². The molecule has 2 aromatic rings. The van der Waals surface area contributed by atoms with Crippen LogP contribution in [0.1, 0.15) is 96.0 Å². The number of phenolic OH excluding ortho intramolecular Hbond substituents is 1. The average molecular weight is 476 g/mol. The summed E-state index contributed by atoms with van der Waals surface area (Å²) in [5.41, 5.74) is 10.0. The first-order chi connectivity index (χ1) is 14.8. The number of amides is 1. The minimum Gasteiger partial charge on any atom is -0.507 e. The van der Waals surface area contributed by atoms with Gasteiger partial charge < -0.3 is 16.2 Å². The van der Waals surface area contributed by atoms with Gasteiger partial charge in [0.25, 0.3) is 0 Å². The zero-order valence-electron chi connectivity index (χ0n) is 21.3. The highest BCUT2D eigenvalue weighted by Gasteiger charge is 2.26. The number of nitrogens with one attached hydrogen (secondary N) is 1. The van der Waals surface area contributed by atoms with Crippen LogP contribution in [0.15, 0.2) is 24.3 Å². The molecule has 0 radical (unpaired) electrons. The minimum absolute atomic E-state index is 0. The van der Waals surface area contributed by atoms with Crippen LogP contribution in [0.3, 0.4) is 0 Å². The monoisotopic (exact) mass is 475 g/mol. The van der Waals surface area contributed by atoms with E-state index in [1.54, 1.807) is 0 Å². The van der Waals surface area contributed by atoms with Crippen LogP contribution in [-0.4, -0.2) is 16.0 Å². The zero-order chi connectivity index (χ0) is 24.1. The maximum atomic E-state index is 12.6. The summed E-state index contributed by atoms with van der Waals surface area (Å²) >= 11 is 0. The van der Waals surface area contributed by atoms with Crippen molar-refractivity contribution < 1.29 is 9.90 Å². The largest absolute Gasteiger partial charge is 0.507 e. The van der Waals surface area contributed by atoms with E-state index < -0.39 is 0 Å². The summed E-state index contributed by atoms with van der Waals surface area (Å²) in [4.78, 5) is 16.9. The van der Waals surface area contributed by atoms with E-state index in [-0.39, 0.29) is 29.1 Å². The van der Waals surface area contributed by atoms with E-state index in [1.807, 2.05) is 25.1 Å². The number of aryl methyl sites for hydroxylation is 2. The number of nitrogens with two attached hydrogens (primary N) is 1. The number of rotatable bonds is 8. The Morgan fingerprint density at radius 1 is 0.939 bits per heavy atom. The van der Waals surface area contributed by atoms with Gasteiger partial charge in [0.15, 0.2) is 0 Å². The molecule has 0 saturated carbocycles. The number of aromatic hydroxyl groups is 1. The number of phenols is 1. The molecule has 0 spiro atoms. The Morgan fingerprint density at radius 2 is 1.48 bits per heavy atom. The molecule has 33 heavy (non-hydrogen) atoms. The molecule has 0 saturated heterocycles. The smallest absolute Gasteiger partial charge is 0.224 e. The number of hydrogen-bond donors (Lipinski definition) is 3. The molecule has 184 valence electrons. The van der Waals surface area contributed by atoms with E-state index in [4.69, 9.17) is 5.73 Å². The van der Waals surface area contributed by atoms with Gasteiger partial charge >= 0.3 is 0 Å². The highest BCUT2D eigenvalue weighted by Crippen LogP contribution is 2.41. The maximum absolute atomic E-state index is 12.6. The molecule has 2 rings (SSSR count). The summed E-state index contributed by atoms with van der Waals surface area (Å²) in [5, 5.41) is 13.9. The summed E-state index contributed by atoms with van der Waals surface area (Å²) in [6.45, 7) is 14.5. The summed E-state index contributed by atoms with van der Waals surface area (Å²) in [5.74, 6) is 0.923. The van der Waals surface area contributed by atoms with Gasteiger partial charge in [-0.1, -0.05) is 54.4 Å². The first kappa shape index (κ1) is 28.8. The van der Waals surface area contributed by atoms with Crippen molar-refractivity contribution in [2.24, 2.45) is 0 Å². The van der Waals surface area contributed by atoms with Gasteiger partial charge in [-0.25, -0.2) is 4.98 Å². The molecule has 0 unspecified atom stereocenters. The molecular formula is C27H42ClN3O2. The van der Waals surface area contributed by atoms with Crippen LogP contribution in [0.25, 0.3) is 0 Å². The van der Waals surface area contributed by atoms with Gasteiger partial charge in [-0.3, -0.25) is 4.79 Å². The molecule has 1 aromatic carbocycles. The Kier molecular flexibility index (Phi) is 10.2. The van der Waals surface area contributed by atoms with Crippen molar-refractivity contribution in [1.82, 2.24) is 4.98 Å². The van der Waals surface area contributed by atoms with Crippen molar-refractivity contribution in [1.29, 1.82) is 0 Å². The van der Waals surface area contributed by atoms with Gasteiger partial charge in [-0.15, -0.1) is 12.4 Å². The fourth-order valence-electron chi connectivity index (χ4n) is 3.91. The number of anilines is 2. The van der Waals surface area contributed by atoms with Crippen molar-refractivity contribution in [3.8, 4) is 5.75 Å². The van der Waals surface area contributed by atoms with Crippen LogP contribution in [0.2, 0.25) is 0 Å². The molecule has 0 fully saturated rings. The van der Waals surface area contributed by atoms with E-state index >= 15 is 0 Å². The number of pyridine rings is 1. The third kappa shape index (κ3) is 8.88. The Balaban J connectivity index is 0.00000544. The average Bonchev–Trinajstić information content (AvgIpc) is 2.63. The lowest BCUT2D eigenvalue weighted by Gasteiger charge is -2.28. The minimum atomic E-state index is -0.221. The highest BCUT2D eigenvalue weighted by atomic mass is 35.5. The van der Waals surface area contributed by atoms with E-state index in [0.717, 1.165) is 60.2 Å². The zero-order valence-corrected chi connectivity index (χ0v) is 22.2. The molecule has 1 amide bonds. The summed E-state index contributed by atoms with van der Waals surface area (Å²) in [7, 11) is 0. The van der Waals surface area contributed by atoms with Gasteiger partial charge in [0, 0.05) is 28.9 Å². The van der Waals surface area contributed by atoms with Crippen LogP contribution in [0.4, 0.5) is 11.5 Å². The van der Waals surface area contributed by atoms with Crippen molar-refractivity contribution in [2.45, 2.75) is 97.8 Å². The standard InChI is InChI=1S/C27H41N3O2.ClH/c1-18-14-19(29-23(28)15-18)12-10-8-9-11-13-24(31)30-20-16-21(26(2,3)4)25(32)22(17-20)27(5,6)7;/h14-17,32H,8-13H2,1-7H3,(H2,28,29)(H,30,31);1H. The molecular weight excluding hydrogens is 434 g/mol. The van der Waals surface area contributed by atoms with E-state index in [2.05, 4.69) is 57.9 Å². The van der Waals surface area contributed by atoms with E-state index in [9.17, 15) is 9.90 Å². The van der Waals surface area contributed by atoms with Crippen molar-refractivity contribution in [2.75, 3.05) is 11.1 Å². The molecule has 0 bridgehead atoms. The topological polar surface area (TPSA) is 88.2 Å². The summed E-state index contributed by atoms with van der Waals surface area (Å²) in [6.07, 6.45) is 5.36. The number of hydrogen-bond acceptors (Lipinski definition) is 4. The number of carbonyl (C=O) groups is 1. The second-order valence-corrected chi connectivity index (χ2v) is 10.9. The second kappa shape index (κ2) is 11.7. The molecule has 4 N–H and O–H groups in total. The van der Waals surface area contributed by atoms with Crippen LogP contribution in [0, 0.1) is 6.92 Å². The van der Waals surface area contributed by atoms with Gasteiger partial charge in [0.1, 0.15) is 11.6 Å². The second-order valence-electron chi connectivity index (χ2n) is 10.9. The van der Waals surface area contributed by atoms with E-state index in [1.165, 1.54) is 0 Å². The number of nitrogens with zero attached hydrogens (tertiary/aromatic N) is 1. The summed E-state index contributed by atoms with van der Waals surface area (Å²) in [6, 6.07) is 7.77. The fraction of sp³-hybridized carbons (Fsp3) is 0.556. The number of carbonyl (C=O) groups excluding carboxylic acids is 1. The molecule has 1 heterocycles. The predicted molar refractivity (Wildman–Crippen MR) is 142 cm³/mol. The lowest BCUT2D eigenvalue weighted by molar-refractivity contribution is -0.116. The van der Waals surface area contributed by atoms with Gasteiger partial charge in [-0.05, 0) is 66.8 Å². The molecule has 0 aliphatic rings. The Hall–Kier alpha value is -2.27. The van der Waals surface area contributed by atoms with Gasteiger partial charge in [0.2, 0.25) is 5.91 Å². The van der Waals surface area contributed by atoms with Crippen LogP contribution < -0.4 is 11.1 Å². The Labute approximate surface area is 206 Å². The quantitative estimate of drug-likeness (QED) is 0.288. The van der Waals surface area contributed by atoms with Gasteiger partial charge in [-0.2, -0.15) is 0 Å². The molecule has 0 aliphatic carbocycles.